The minimum Gasteiger partial charge on any atom is -0.459 e. The highest BCUT2D eigenvalue weighted by molar-refractivity contribution is 5.91. The molecule has 14 heteroatoms. The van der Waals surface area contributed by atoms with Crippen molar-refractivity contribution in [3.63, 3.8) is 0 Å². The van der Waals surface area contributed by atoms with Crippen LogP contribution in [0.15, 0.2) is 137 Å². The average molecular weight is 739 g/mol. The van der Waals surface area contributed by atoms with Crippen molar-refractivity contribution in [3.8, 4) is 22.8 Å². The Balaban J connectivity index is 1.35. The number of esters is 3. The maximum atomic E-state index is 13.7. The second kappa shape index (κ2) is 16.3. The summed E-state index contributed by atoms with van der Waals surface area (Å²) in [6.45, 7) is -0.413. The number of ether oxygens (including phenoxy) is 4. The van der Waals surface area contributed by atoms with E-state index in [0.29, 0.717) is 5.56 Å². The number of hydrogen-bond donors (Lipinski definition) is 0. The number of benzene rings is 4. The molecule has 0 N–H and O–H groups in total. The smallest absolute Gasteiger partial charge is 0.338 e. The van der Waals surface area contributed by atoms with Crippen molar-refractivity contribution >= 4 is 30.1 Å². The van der Waals surface area contributed by atoms with E-state index in [1.165, 1.54) is 17.2 Å². The van der Waals surface area contributed by atoms with Crippen molar-refractivity contribution in [2.24, 2.45) is 4.99 Å². The zero-order chi connectivity index (χ0) is 38.3. The Kier molecular flexibility index (Phi) is 10.8. The second-order valence-electron chi connectivity index (χ2n) is 12.6. The molecule has 3 heterocycles. The normalized spacial score (nSPS) is 17.9. The van der Waals surface area contributed by atoms with E-state index in [1.54, 1.807) is 134 Å². The predicted molar refractivity (Wildman–Crippen MR) is 200 cm³/mol. The summed E-state index contributed by atoms with van der Waals surface area (Å²) >= 11 is 0. The predicted octanol–water partition coefficient (Wildman–Crippen LogP) is 5.23. The van der Waals surface area contributed by atoms with Crippen LogP contribution in [0.4, 0.5) is 5.82 Å². The van der Waals surface area contributed by atoms with Gasteiger partial charge in [-0.25, -0.2) is 29.3 Å². The number of hydrogen-bond acceptors (Lipinski definition) is 12. The number of aliphatic imine (C=N–C) groups is 1. The molecule has 0 unspecified atom stereocenters. The lowest BCUT2D eigenvalue weighted by Crippen LogP contribution is -2.41. The molecule has 3 aliphatic heterocycles. The van der Waals surface area contributed by atoms with Gasteiger partial charge in [-0.15, -0.1) is 0 Å². The molecule has 55 heavy (non-hydrogen) atoms. The summed E-state index contributed by atoms with van der Waals surface area (Å²) in [5.41, 5.74) is 0.785. The van der Waals surface area contributed by atoms with Crippen LogP contribution in [0, 0.1) is 0 Å². The molecule has 0 aliphatic carbocycles. The second-order valence-corrected chi connectivity index (χ2v) is 12.6. The first kappa shape index (κ1) is 36.3. The Morgan fingerprint density at radius 2 is 1.25 bits per heavy atom. The Labute approximate surface area is 315 Å². The molecule has 14 nitrogen and oxygen atoms in total. The topological polar surface area (TPSA) is 164 Å². The molecule has 276 valence electrons. The first-order chi connectivity index (χ1) is 26.8. The van der Waals surface area contributed by atoms with Gasteiger partial charge in [0.1, 0.15) is 24.7 Å². The zero-order valence-corrected chi connectivity index (χ0v) is 29.7. The number of rotatable bonds is 11. The van der Waals surface area contributed by atoms with Crippen molar-refractivity contribution in [2.45, 2.75) is 24.5 Å². The van der Waals surface area contributed by atoms with Crippen LogP contribution in [-0.4, -0.2) is 87.7 Å². The molecule has 0 spiro atoms. The highest BCUT2D eigenvalue weighted by atomic mass is 16.7. The highest BCUT2D eigenvalue weighted by Crippen LogP contribution is 2.39. The van der Waals surface area contributed by atoms with E-state index in [2.05, 4.69) is 15.0 Å². The Morgan fingerprint density at radius 3 is 1.82 bits per heavy atom. The lowest BCUT2D eigenvalue weighted by Gasteiger charge is -2.26. The van der Waals surface area contributed by atoms with Gasteiger partial charge >= 0.3 is 17.9 Å². The van der Waals surface area contributed by atoms with E-state index in [-0.39, 0.29) is 39.7 Å². The molecule has 0 saturated carbocycles. The quantitative estimate of drug-likeness (QED) is 0.0737. The van der Waals surface area contributed by atoms with Crippen molar-refractivity contribution in [2.75, 3.05) is 20.7 Å². The van der Waals surface area contributed by atoms with Gasteiger partial charge in [0.25, 0.3) is 5.56 Å². The van der Waals surface area contributed by atoms with Gasteiger partial charge in [-0.05, 0) is 36.4 Å². The summed E-state index contributed by atoms with van der Waals surface area (Å²) in [4.78, 5) is 74.0. The molecule has 7 rings (SSSR count). The number of nitrogens with zero attached hydrogens (tertiary/aromatic N) is 6. The fraction of sp³-hybridized carbons (Fsp3) is 0.171. The van der Waals surface area contributed by atoms with Crippen molar-refractivity contribution in [3.05, 3.63) is 155 Å². The van der Waals surface area contributed by atoms with Crippen molar-refractivity contribution in [1.29, 1.82) is 0 Å². The van der Waals surface area contributed by atoms with Gasteiger partial charge in [-0.3, -0.25) is 9.36 Å². The third-order valence-electron chi connectivity index (χ3n) is 8.52. The number of aromatic nitrogens is 4. The maximum Gasteiger partial charge on any atom is 0.338 e. The van der Waals surface area contributed by atoms with Gasteiger partial charge in [0.05, 0.1) is 23.0 Å². The monoisotopic (exact) mass is 738 g/mol. The SMILES string of the molecule is CN(C)C=Nc1ncn([C@@H]2O[C@H](COC(=O)c3ccccc3)[C@@H](OC(=O)c3ccccc3)[C@H]2OC(=O)c2ccccc2)c2nc(=O)c(-c3ccccc3)nc1-2. The van der Waals surface area contributed by atoms with Gasteiger partial charge in [-0.1, -0.05) is 84.9 Å². The minimum atomic E-state index is -1.39. The summed E-state index contributed by atoms with van der Waals surface area (Å²) < 4.78 is 25.7. The van der Waals surface area contributed by atoms with Crippen LogP contribution in [0.2, 0.25) is 0 Å². The molecule has 0 amide bonds. The van der Waals surface area contributed by atoms with Crippen LogP contribution in [-0.2, 0) is 18.9 Å². The molecular weight excluding hydrogens is 704 g/mol. The van der Waals surface area contributed by atoms with E-state index in [1.807, 2.05) is 6.07 Å². The van der Waals surface area contributed by atoms with Gasteiger partial charge < -0.3 is 23.8 Å². The maximum absolute atomic E-state index is 13.7. The van der Waals surface area contributed by atoms with Crippen LogP contribution >= 0.6 is 0 Å². The van der Waals surface area contributed by atoms with Gasteiger partial charge in [-0.2, -0.15) is 4.98 Å². The van der Waals surface area contributed by atoms with Gasteiger partial charge in [0.15, 0.2) is 35.8 Å². The third kappa shape index (κ3) is 8.14. The number of fused-ring (bicyclic) bond motifs is 1. The minimum absolute atomic E-state index is 0.00795. The molecule has 4 atom stereocenters. The summed E-state index contributed by atoms with van der Waals surface area (Å²) in [6.07, 6.45) is -2.41. The van der Waals surface area contributed by atoms with Crippen molar-refractivity contribution < 1.29 is 33.3 Å². The third-order valence-corrected chi connectivity index (χ3v) is 8.52. The van der Waals surface area contributed by atoms with Crippen LogP contribution < -0.4 is 5.56 Å². The first-order valence-electron chi connectivity index (χ1n) is 17.2. The average Bonchev–Trinajstić information content (AvgIpc) is 3.55. The molecule has 1 fully saturated rings. The first-order valence-corrected chi connectivity index (χ1v) is 17.2. The molecule has 0 bridgehead atoms. The van der Waals surface area contributed by atoms with E-state index in [9.17, 15) is 19.2 Å². The van der Waals surface area contributed by atoms with Gasteiger partial charge in [0, 0.05) is 19.7 Å². The summed E-state index contributed by atoms with van der Waals surface area (Å²) in [6, 6.07) is 33.6. The molecule has 1 saturated heterocycles. The molecular formula is C41H34N6O8. The van der Waals surface area contributed by atoms with E-state index in [0.717, 1.165) is 0 Å². The number of carbonyl (C=O) groups is 3. The van der Waals surface area contributed by atoms with Crippen LogP contribution in [0.1, 0.15) is 37.3 Å². The lowest BCUT2D eigenvalue weighted by atomic mass is 10.1. The number of carbonyl (C=O) groups excluding carboxylic acids is 3. The molecule has 0 aromatic heterocycles. The fourth-order valence-corrected chi connectivity index (χ4v) is 5.89. The Morgan fingerprint density at radius 1 is 0.727 bits per heavy atom. The largest absolute Gasteiger partial charge is 0.459 e. The molecule has 4 aromatic rings. The van der Waals surface area contributed by atoms with Gasteiger partial charge in [0.2, 0.25) is 0 Å². The zero-order valence-electron chi connectivity index (χ0n) is 29.7. The Hall–Kier alpha value is -7.06. The van der Waals surface area contributed by atoms with E-state index < -0.39 is 54.6 Å². The summed E-state index contributed by atoms with van der Waals surface area (Å²) in [5.74, 6) is -2.02. The summed E-state index contributed by atoms with van der Waals surface area (Å²) in [5, 5.41) is 0. The molecule has 4 aromatic carbocycles. The van der Waals surface area contributed by atoms with Crippen LogP contribution in [0.5, 0.6) is 0 Å². The lowest BCUT2D eigenvalue weighted by molar-refractivity contribution is -0.0622. The molecule has 0 radical (unpaired) electrons. The Bertz CT molecular complexity index is 2340. The van der Waals surface area contributed by atoms with Crippen LogP contribution in [0.25, 0.3) is 22.8 Å². The standard InChI is InChI=1S/C41H34N6O8/c1-46(2)24-42-35-32-36(45-37(48)31(44-32)26-15-7-3-8-16-26)47(25-43-35)38-34(55-41(51)29-21-13-6-14-22-29)33(54-40(50)28-19-11-5-12-20-28)30(53-38)23-52-39(49)27-17-9-4-10-18-27/h3-22,24-25,30,33-34,38H,23H2,1-2H3/t30-,33-,34-,38-/m1/s1. The van der Waals surface area contributed by atoms with Crippen LogP contribution in [0.3, 0.4) is 0 Å². The fourth-order valence-electron chi connectivity index (χ4n) is 5.89. The molecule has 3 aliphatic rings. The van der Waals surface area contributed by atoms with E-state index >= 15 is 0 Å². The van der Waals surface area contributed by atoms with E-state index in [4.69, 9.17) is 23.9 Å². The van der Waals surface area contributed by atoms with Crippen molar-refractivity contribution in [1.82, 2.24) is 24.4 Å². The highest BCUT2D eigenvalue weighted by Gasteiger charge is 2.52. The summed E-state index contributed by atoms with van der Waals surface area (Å²) in [7, 11) is 3.57.